The van der Waals surface area contributed by atoms with E-state index in [9.17, 15) is 4.79 Å². The van der Waals surface area contributed by atoms with Crippen LogP contribution in [0.2, 0.25) is 0 Å². The van der Waals surface area contributed by atoms with Gasteiger partial charge in [-0.3, -0.25) is 0 Å². The molecule has 1 unspecified atom stereocenters. The minimum absolute atomic E-state index is 0. The van der Waals surface area contributed by atoms with Gasteiger partial charge in [0, 0.05) is 19.5 Å². The van der Waals surface area contributed by atoms with E-state index in [-0.39, 0.29) is 8.41 Å². The summed E-state index contributed by atoms with van der Waals surface area (Å²) in [7, 11) is -0.230. The summed E-state index contributed by atoms with van der Waals surface area (Å²) in [5.41, 5.74) is 2.88. The predicted octanol–water partition coefficient (Wildman–Crippen LogP) is 6.54. The Balaban J connectivity index is 0.00000253. The first kappa shape index (κ1) is 23.1. The van der Waals surface area contributed by atoms with E-state index in [1.807, 2.05) is 60.7 Å². The summed E-state index contributed by atoms with van der Waals surface area (Å²) in [6.45, 7) is 0. The highest BCUT2D eigenvalue weighted by Crippen LogP contribution is 2.55. The van der Waals surface area contributed by atoms with Crippen molar-refractivity contribution in [2.24, 2.45) is 0 Å². The monoisotopic (exact) mass is 475 g/mol. The molecule has 169 valence electrons. The van der Waals surface area contributed by atoms with E-state index >= 15 is 0 Å². The van der Waals surface area contributed by atoms with Crippen molar-refractivity contribution in [3.63, 3.8) is 0 Å². The first-order valence-corrected chi connectivity index (χ1v) is 12.2. The highest BCUT2D eigenvalue weighted by molar-refractivity contribution is 7.57. The normalized spacial score (nSPS) is 14.8. The Hall–Kier alpha value is -3.66. The van der Waals surface area contributed by atoms with Crippen LogP contribution in [0.4, 0.5) is 0 Å². The molecule has 5 aromatic carbocycles. The maximum atomic E-state index is 12.7. The van der Waals surface area contributed by atoms with Crippen LogP contribution in [-0.4, -0.2) is 21.5 Å². The topological polar surface area (TPSA) is 44.8 Å². The molecule has 35 heavy (non-hydrogen) atoms. The van der Waals surface area contributed by atoms with Gasteiger partial charge in [-0.1, -0.05) is 91.0 Å². The molecule has 0 N–H and O–H groups in total. The zero-order valence-corrected chi connectivity index (χ0v) is 19.9. The number of fused-ring (bicyclic) bond motifs is 7. The average molecular weight is 475 g/mol. The molecule has 0 saturated carbocycles. The molecule has 0 fully saturated rings. The molecular weight excluding hydrogens is 454 g/mol. The Kier molecular flexibility index (Phi) is 6.30. The van der Waals surface area contributed by atoms with Crippen LogP contribution in [0, 0.1) is 0 Å². The van der Waals surface area contributed by atoms with Crippen molar-refractivity contribution in [2.75, 3.05) is 7.11 Å². The SMILES string of the molecule is COC(=O)[C@H](OP1Oc2ccc3ccccc3c2-c2c1ccc1ccccc21)c1ccccc1.[B]. The molecule has 1 aliphatic heterocycles. The van der Waals surface area contributed by atoms with E-state index in [4.69, 9.17) is 13.8 Å². The van der Waals surface area contributed by atoms with E-state index in [2.05, 4.69) is 42.5 Å². The molecule has 1 aliphatic rings. The molecular formula is C29H21BO4P. The van der Waals surface area contributed by atoms with E-state index in [0.29, 0.717) is 0 Å². The fourth-order valence-electron chi connectivity index (χ4n) is 4.55. The summed E-state index contributed by atoms with van der Waals surface area (Å²) < 4.78 is 18.0. The van der Waals surface area contributed by atoms with Gasteiger partial charge in [0.2, 0.25) is 0 Å². The second kappa shape index (κ2) is 9.54. The molecule has 3 radical (unpaired) electrons. The molecule has 5 aromatic rings. The predicted molar refractivity (Wildman–Crippen MR) is 142 cm³/mol. The Morgan fingerprint density at radius 2 is 1.34 bits per heavy atom. The van der Waals surface area contributed by atoms with Gasteiger partial charge in [-0.15, -0.1) is 0 Å². The molecule has 6 heteroatoms. The second-order valence-electron chi connectivity index (χ2n) is 8.11. The van der Waals surface area contributed by atoms with Gasteiger partial charge in [0.25, 0.3) is 8.38 Å². The molecule has 0 spiro atoms. The molecule has 4 nitrogen and oxygen atoms in total. The summed E-state index contributed by atoms with van der Waals surface area (Å²) in [4.78, 5) is 12.7. The van der Waals surface area contributed by atoms with Gasteiger partial charge < -0.3 is 13.8 Å². The van der Waals surface area contributed by atoms with Crippen molar-refractivity contribution < 1.29 is 18.6 Å². The van der Waals surface area contributed by atoms with Crippen LogP contribution in [-0.2, 0) is 14.1 Å². The first-order chi connectivity index (χ1) is 16.7. The van der Waals surface area contributed by atoms with Crippen LogP contribution >= 0.6 is 8.38 Å². The molecule has 6 rings (SSSR count). The van der Waals surface area contributed by atoms with E-state index in [1.54, 1.807) is 0 Å². The molecule has 0 saturated heterocycles. The summed E-state index contributed by atoms with van der Waals surface area (Å²) in [6, 6.07) is 34.3. The minimum Gasteiger partial charge on any atom is -0.467 e. The van der Waals surface area contributed by atoms with E-state index in [1.165, 1.54) is 7.11 Å². The number of ether oxygens (including phenoxy) is 1. The van der Waals surface area contributed by atoms with Crippen LogP contribution in [0.3, 0.4) is 0 Å². The standard InChI is InChI=1S/C29H21O4P.B/c1-31-29(30)28(21-11-3-2-4-12-21)33-34-25-18-16-20-10-6-8-14-23(20)27(25)26-22-13-7-5-9-19(22)15-17-24(26)32-34;/h2-18,28H,1H3;/t28-,34?;/m1./s1. The lowest BCUT2D eigenvalue weighted by Gasteiger charge is -2.31. The van der Waals surface area contributed by atoms with Crippen molar-refractivity contribution in [3.05, 3.63) is 109 Å². The number of carbonyl (C=O) groups excluding carboxylic acids is 1. The largest absolute Gasteiger partial charge is 0.467 e. The lowest BCUT2D eigenvalue weighted by atomic mass is 9.93. The smallest absolute Gasteiger partial charge is 0.340 e. The van der Waals surface area contributed by atoms with Crippen molar-refractivity contribution in [1.29, 1.82) is 0 Å². The van der Waals surface area contributed by atoms with Crippen molar-refractivity contribution in [2.45, 2.75) is 6.10 Å². The molecule has 0 amide bonds. The van der Waals surface area contributed by atoms with Crippen LogP contribution in [0.1, 0.15) is 11.7 Å². The Bertz CT molecular complexity index is 1540. The van der Waals surface area contributed by atoms with E-state index < -0.39 is 20.4 Å². The van der Waals surface area contributed by atoms with Gasteiger partial charge in [0.15, 0.2) is 6.10 Å². The maximum Gasteiger partial charge on any atom is 0.340 e. The minimum atomic E-state index is -1.60. The first-order valence-electron chi connectivity index (χ1n) is 11.1. The van der Waals surface area contributed by atoms with Gasteiger partial charge in [-0.05, 0) is 39.2 Å². The number of hydrogen-bond acceptors (Lipinski definition) is 4. The Morgan fingerprint density at radius 3 is 2.03 bits per heavy atom. The third-order valence-corrected chi connectivity index (χ3v) is 7.68. The fraction of sp³-hybridized carbons (Fsp3) is 0.0690. The van der Waals surface area contributed by atoms with E-state index in [0.717, 1.165) is 49.3 Å². The number of esters is 1. The van der Waals surface area contributed by atoms with Gasteiger partial charge >= 0.3 is 5.97 Å². The Labute approximate surface area is 206 Å². The third-order valence-electron chi connectivity index (χ3n) is 6.14. The molecule has 2 atom stereocenters. The molecule has 0 bridgehead atoms. The number of carbonyl (C=O) groups is 1. The van der Waals surface area contributed by atoms with Crippen LogP contribution < -0.4 is 9.83 Å². The van der Waals surface area contributed by atoms with Crippen molar-refractivity contribution in [1.82, 2.24) is 0 Å². The number of benzene rings is 5. The molecule has 0 aliphatic carbocycles. The van der Waals surface area contributed by atoms with Crippen LogP contribution in [0.5, 0.6) is 5.75 Å². The Morgan fingerprint density at radius 1 is 0.743 bits per heavy atom. The van der Waals surface area contributed by atoms with Gasteiger partial charge in [0.1, 0.15) is 5.75 Å². The quantitative estimate of drug-likeness (QED) is 0.168. The van der Waals surface area contributed by atoms with Gasteiger partial charge in [0.05, 0.1) is 12.4 Å². The van der Waals surface area contributed by atoms with Gasteiger partial charge in [-0.25, -0.2) is 4.79 Å². The van der Waals surface area contributed by atoms with Crippen LogP contribution in [0.25, 0.3) is 32.7 Å². The third kappa shape index (κ3) is 3.97. The average Bonchev–Trinajstić information content (AvgIpc) is 2.91. The molecule has 1 heterocycles. The lowest BCUT2D eigenvalue weighted by molar-refractivity contribution is -0.149. The number of hydrogen-bond donors (Lipinski definition) is 0. The van der Waals surface area contributed by atoms with Crippen LogP contribution in [0.15, 0.2) is 103 Å². The van der Waals surface area contributed by atoms with Crippen molar-refractivity contribution in [3.8, 4) is 16.9 Å². The second-order valence-corrected chi connectivity index (χ2v) is 9.50. The lowest BCUT2D eigenvalue weighted by Crippen LogP contribution is -2.22. The number of methoxy groups -OCH3 is 1. The summed E-state index contributed by atoms with van der Waals surface area (Å²) in [5.74, 6) is 0.300. The maximum absolute atomic E-state index is 12.7. The van der Waals surface area contributed by atoms with Crippen molar-refractivity contribution >= 4 is 49.6 Å². The highest BCUT2D eigenvalue weighted by atomic mass is 31.2. The summed E-state index contributed by atoms with van der Waals surface area (Å²) >= 11 is 0. The highest BCUT2D eigenvalue weighted by Gasteiger charge is 2.35. The molecule has 0 aromatic heterocycles. The summed E-state index contributed by atoms with van der Waals surface area (Å²) in [6.07, 6.45) is -0.890. The fourth-order valence-corrected chi connectivity index (χ4v) is 6.14. The summed E-state index contributed by atoms with van der Waals surface area (Å²) in [5, 5.41) is 5.49. The zero-order valence-electron chi connectivity index (χ0n) is 19.0. The zero-order chi connectivity index (χ0) is 23.1. The number of rotatable bonds is 4. The van der Waals surface area contributed by atoms with Gasteiger partial charge in [-0.2, -0.15) is 0 Å².